The van der Waals surface area contributed by atoms with Crippen LogP contribution in [0.15, 0.2) is 30.4 Å². The first-order chi connectivity index (χ1) is 7.49. The minimum absolute atomic E-state index is 0.241. The Bertz CT molecular complexity index is 457. The van der Waals surface area contributed by atoms with Crippen molar-refractivity contribution in [3.63, 3.8) is 0 Å². The van der Waals surface area contributed by atoms with E-state index in [1.807, 2.05) is 5.32 Å². The lowest BCUT2D eigenvalue weighted by Crippen LogP contribution is -2.20. The Hall–Kier alpha value is -2.24. The molecule has 1 rings (SSSR count). The van der Waals surface area contributed by atoms with Crippen molar-refractivity contribution in [2.24, 2.45) is 0 Å². The average Bonchev–Trinajstić information content (AvgIpc) is 2.19. The van der Waals surface area contributed by atoms with Crippen LogP contribution in [0.2, 0.25) is 0 Å². The van der Waals surface area contributed by atoms with E-state index in [0.717, 1.165) is 12.1 Å². The van der Waals surface area contributed by atoms with Crippen molar-refractivity contribution < 1.29 is 23.5 Å². The molecule has 0 radical (unpaired) electrons. The van der Waals surface area contributed by atoms with E-state index in [4.69, 9.17) is 0 Å². The lowest BCUT2D eigenvalue weighted by molar-refractivity contribution is -0.297. The Morgan fingerprint density at radius 3 is 2.50 bits per heavy atom. The van der Waals surface area contributed by atoms with Crippen molar-refractivity contribution in [2.45, 2.75) is 0 Å². The first-order valence-corrected chi connectivity index (χ1v) is 4.14. The molecule has 6 heteroatoms. The molecule has 0 aliphatic carbocycles. The van der Waals surface area contributed by atoms with Crippen molar-refractivity contribution in [3.05, 3.63) is 42.0 Å². The van der Waals surface area contributed by atoms with Crippen LogP contribution in [0, 0.1) is 11.6 Å². The van der Waals surface area contributed by atoms with Gasteiger partial charge in [-0.2, -0.15) is 0 Å². The number of hydrogen-bond acceptors (Lipinski definition) is 3. The van der Waals surface area contributed by atoms with E-state index in [0.29, 0.717) is 18.2 Å². The zero-order valence-electron chi connectivity index (χ0n) is 7.87. The zero-order chi connectivity index (χ0) is 12.1. The van der Waals surface area contributed by atoms with Crippen LogP contribution in [0.3, 0.4) is 0 Å². The van der Waals surface area contributed by atoms with Crippen LogP contribution in [0.5, 0.6) is 0 Å². The third-order valence-corrected chi connectivity index (χ3v) is 1.56. The highest BCUT2D eigenvalue weighted by Crippen LogP contribution is 2.14. The molecule has 1 aromatic carbocycles. The number of amides is 1. The number of halogens is 2. The minimum atomic E-state index is -1.55. The quantitative estimate of drug-likeness (QED) is 0.749. The molecule has 1 N–H and O–H groups in total. The summed E-state index contributed by atoms with van der Waals surface area (Å²) in [5.41, 5.74) is -0.241. The molecule has 0 aromatic heterocycles. The molecule has 0 fully saturated rings. The number of carboxylic acids is 1. The Kier molecular flexibility index (Phi) is 3.71. The number of nitrogens with one attached hydrogen (secondary N) is 1. The third kappa shape index (κ3) is 3.49. The first-order valence-electron chi connectivity index (χ1n) is 4.14. The van der Waals surface area contributed by atoms with Crippen LogP contribution < -0.4 is 10.4 Å². The number of rotatable bonds is 3. The van der Waals surface area contributed by atoms with Gasteiger partial charge >= 0.3 is 0 Å². The summed E-state index contributed by atoms with van der Waals surface area (Å²) < 4.78 is 25.5. The summed E-state index contributed by atoms with van der Waals surface area (Å²) in [4.78, 5) is 21.0. The molecule has 0 unspecified atom stereocenters. The molecule has 1 aromatic rings. The second kappa shape index (κ2) is 5.01. The van der Waals surface area contributed by atoms with E-state index < -0.39 is 23.5 Å². The number of anilines is 1. The molecule has 0 saturated carbocycles. The standard InChI is InChI=1S/C10H7F2NO3/c11-6-1-2-8(7(12)5-6)13-9(14)3-4-10(15)16/h1-5H,(H,13,14)(H,15,16)/p-1/b4-3-. The molecular weight excluding hydrogens is 220 g/mol. The summed E-state index contributed by atoms with van der Waals surface area (Å²) in [7, 11) is 0. The van der Waals surface area contributed by atoms with Gasteiger partial charge in [0.25, 0.3) is 0 Å². The van der Waals surface area contributed by atoms with Gasteiger partial charge in [0, 0.05) is 12.1 Å². The lowest BCUT2D eigenvalue weighted by atomic mass is 10.3. The Morgan fingerprint density at radius 1 is 1.25 bits per heavy atom. The number of carboxylic acid groups (broad SMARTS) is 1. The van der Waals surface area contributed by atoms with E-state index >= 15 is 0 Å². The van der Waals surface area contributed by atoms with Gasteiger partial charge in [0.1, 0.15) is 11.6 Å². The molecule has 0 heterocycles. The molecule has 0 aliphatic rings. The predicted molar refractivity (Wildman–Crippen MR) is 49.1 cm³/mol. The highest BCUT2D eigenvalue weighted by atomic mass is 19.1. The van der Waals surface area contributed by atoms with E-state index in [1.165, 1.54) is 0 Å². The summed E-state index contributed by atoms with van der Waals surface area (Å²) in [6.45, 7) is 0. The maximum Gasteiger partial charge on any atom is 0.248 e. The summed E-state index contributed by atoms with van der Waals surface area (Å²) in [5.74, 6) is -4.12. The second-order valence-electron chi connectivity index (χ2n) is 2.77. The van der Waals surface area contributed by atoms with E-state index in [9.17, 15) is 23.5 Å². The molecule has 4 nitrogen and oxygen atoms in total. The van der Waals surface area contributed by atoms with Crippen molar-refractivity contribution in [3.8, 4) is 0 Å². The van der Waals surface area contributed by atoms with Gasteiger partial charge in [0.15, 0.2) is 0 Å². The SMILES string of the molecule is O=C([O-])/C=C\C(=O)Nc1ccc(F)cc1F. The van der Waals surface area contributed by atoms with Gasteiger partial charge in [0.2, 0.25) is 5.91 Å². The van der Waals surface area contributed by atoms with E-state index in [1.54, 1.807) is 0 Å². The molecule has 84 valence electrons. The second-order valence-corrected chi connectivity index (χ2v) is 2.77. The summed E-state index contributed by atoms with van der Waals surface area (Å²) in [5, 5.41) is 12.0. The Morgan fingerprint density at radius 2 is 1.94 bits per heavy atom. The molecule has 1 amide bonds. The van der Waals surface area contributed by atoms with Crippen molar-refractivity contribution >= 4 is 17.6 Å². The number of aliphatic carboxylic acids is 1. The molecule has 0 spiro atoms. The monoisotopic (exact) mass is 226 g/mol. The fraction of sp³-hybridized carbons (Fsp3) is 0. The van der Waals surface area contributed by atoms with Crippen LogP contribution >= 0.6 is 0 Å². The number of carbonyl (C=O) groups excluding carboxylic acids is 2. The van der Waals surface area contributed by atoms with Gasteiger partial charge in [-0.05, 0) is 18.2 Å². The Labute approximate surface area is 89.2 Å². The van der Waals surface area contributed by atoms with Crippen molar-refractivity contribution in [2.75, 3.05) is 5.32 Å². The van der Waals surface area contributed by atoms with Crippen LogP contribution in [0.25, 0.3) is 0 Å². The first kappa shape index (κ1) is 11.8. The summed E-state index contributed by atoms with van der Waals surface area (Å²) >= 11 is 0. The minimum Gasteiger partial charge on any atom is -0.545 e. The molecule has 0 saturated heterocycles. The third-order valence-electron chi connectivity index (χ3n) is 1.56. The van der Waals surface area contributed by atoms with Gasteiger partial charge in [0.05, 0.1) is 11.7 Å². The van der Waals surface area contributed by atoms with Crippen LogP contribution in [0.1, 0.15) is 0 Å². The normalized spacial score (nSPS) is 10.4. The predicted octanol–water partition coefficient (Wildman–Crippen LogP) is 0.209. The van der Waals surface area contributed by atoms with Crippen LogP contribution in [0.4, 0.5) is 14.5 Å². The fourth-order valence-corrected chi connectivity index (χ4v) is 0.909. The van der Waals surface area contributed by atoms with Gasteiger partial charge in [-0.15, -0.1) is 0 Å². The highest BCUT2D eigenvalue weighted by Gasteiger charge is 2.05. The van der Waals surface area contributed by atoms with Crippen LogP contribution in [-0.4, -0.2) is 11.9 Å². The topological polar surface area (TPSA) is 69.2 Å². The maximum absolute atomic E-state index is 13.0. The van der Waals surface area contributed by atoms with Crippen molar-refractivity contribution in [1.29, 1.82) is 0 Å². The highest BCUT2D eigenvalue weighted by molar-refractivity contribution is 6.02. The number of benzene rings is 1. The van der Waals surface area contributed by atoms with E-state index in [2.05, 4.69) is 0 Å². The van der Waals surface area contributed by atoms with Gasteiger partial charge in [-0.1, -0.05) is 0 Å². The fourth-order valence-electron chi connectivity index (χ4n) is 0.909. The van der Waals surface area contributed by atoms with Gasteiger partial charge in [-0.25, -0.2) is 8.78 Å². The van der Waals surface area contributed by atoms with Gasteiger partial charge < -0.3 is 15.2 Å². The number of hydrogen-bond donors (Lipinski definition) is 1. The summed E-state index contributed by atoms with van der Waals surface area (Å²) in [6.07, 6.45) is 1.16. The molecule has 0 bridgehead atoms. The van der Waals surface area contributed by atoms with Crippen LogP contribution in [-0.2, 0) is 9.59 Å². The number of carbonyl (C=O) groups is 2. The molecule has 16 heavy (non-hydrogen) atoms. The molecular formula is C10H6F2NO3-. The molecule has 0 aliphatic heterocycles. The maximum atomic E-state index is 13.0. The smallest absolute Gasteiger partial charge is 0.248 e. The van der Waals surface area contributed by atoms with E-state index in [-0.39, 0.29) is 5.69 Å². The van der Waals surface area contributed by atoms with Gasteiger partial charge in [-0.3, -0.25) is 4.79 Å². The average molecular weight is 226 g/mol. The lowest BCUT2D eigenvalue weighted by Gasteiger charge is -2.03. The molecule has 0 atom stereocenters. The Balaban J connectivity index is 2.73. The summed E-state index contributed by atoms with van der Waals surface area (Å²) in [6, 6.07) is 2.58. The zero-order valence-corrected chi connectivity index (χ0v) is 7.87. The largest absolute Gasteiger partial charge is 0.545 e. The van der Waals surface area contributed by atoms with Crippen molar-refractivity contribution in [1.82, 2.24) is 0 Å².